The quantitative estimate of drug-likeness (QED) is 0.328. The zero-order valence-electron chi connectivity index (χ0n) is 23.8. The molecule has 2 heterocycles. The van der Waals surface area contributed by atoms with Crippen LogP contribution in [0.1, 0.15) is 31.7 Å². The maximum Gasteiger partial charge on any atom is 0.421 e. The monoisotopic (exact) mass is 670 g/mol. The molecule has 2 fully saturated rings. The van der Waals surface area contributed by atoms with Crippen LogP contribution in [0.5, 0.6) is 0 Å². The van der Waals surface area contributed by atoms with Crippen LogP contribution in [-0.4, -0.2) is 80.0 Å². The summed E-state index contributed by atoms with van der Waals surface area (Å²) in [5.41, 5.74) is -2.96. The molecule has 1 saturated carbocycles. The van der Waals surface area contributed by atoms with Gasteiger partial charge in [0.05, 0.1) is 10.9 Å². The summed E-state index contributed by atoms with van der Waals surface area (Å²) in [5, 5.41) is 10.1. The summed E-state index contributed by atoms with van der Waals surface area (Å²) in [6, 6.07) is 13.5. The van der Waals surface area contributed by atoms with Crippen LogP contribution in [0.3, 0.4) is 0 Å². The van der Waals surface area contributed by atoms with Crippen LogP contribution in [0.15, 0.2) is 87.7 Å². The van der Waals surface area contributed by atoms with E-state index in [9.17, 15) is 35.1 Å². The topological polar surface area (TPSA) is 111 Å². The van der Waals surface area contributed by atoms with Gasteiger partial charge in [-0.15, -0.1) is 12.6 Å². The van der Waals surface area contributed by atoms with Crippen LogP contribution in [-0.2, 0) is 25.6 Å². The molecule has 0 radical (unpaired) electrons. The number of nitrogens with zero attached hydrogens (tertiary/aromatic N) is 4. The molecule has 1 aromatic heterocycles. The van der Waals surface area contributed by atoms with Gasteiger partial charge in [0.1, 0.15) is 4.90 Å². The molecular weight excluding hydrogens is 638 g/mol. The predicted molar refractivity (Wildman–Crippen MR) is 161 cm³/mol. The molecule has 15 heteroatoms. The van der Waals surface area contributed by atoms with Crippen molar-refractivity contribution in [1.29, 1.82) is 0 Å². The van der Waals surface area contributed by atoms with Gasteiger partial charge in [-0.05, 0) is 61.7 Å². The molecule has 1 aliphatic carbocycles. The number of aliphatic hydroxyl groups is 1. The van der Waals surface area contributed by atoms with Gasteiger partial charge in [0.15, 0.2) is 5.60 Å². The highest BCUT2D eigenvalue weighted by atomic mass is 32.2. The zero-order valence-corrected chi connectivity index (χ0v) is 26.3. The molecule has 9 nitrogen and oxygen atoms in total. The number of piperazine rings is 1. The Kier molecular flexibility index (Phi) is 9.10. The van der Waals surface area contributed by atoms with E-state index >= 15 is 0 Å². The fourth-order valence-electron chi connectivity index (χ4n) is 5.46. The Bertz CT molecular complexity index is 1690. The van der Waals surface area contributed by atoms with Crippen LogP contribution in [0.25, 0.3) is 0 Å². The van der Waals surface area contributed by atoms with E-state index in [2.05, 4.69) is 17.6 Å². The minimum atomic E-state index is -4.90. The number of thiol groups is 1. The first-order chi connectivity index (χ1) is 20.6. The van der Waals surface area contributed by atoms with Gasteiger partial charge in [0.2, 0.25) is 20.0 Å². The highest BCUT2D eigenvalue weighted by molar-refractivity contribution is 7.90. The van der Waals surface area contributed by atoms with Gasteiger partial charge in [0, 0.05) is 55.2 Å². The molecule has 1 aliphatic heterocycles. The summed E-state index contributed by atoms with van der Waals surface area (Å²) in [6.07, 6.45) is -0.0319. The highest BCUT2D eigenvalue weighted by Gasteiger charge is 2.51. The number of aromatic nitrogens is 1. The van der Waals surface area contributed by atoms with Gasteiger partial charge in [-0.25, -0.2) is 16.8 Å². The molecule has 0 bridgehead atoms. The number of anilines is 1. The molecule has 3 aromatic rings. The van der Waals surface area contributed by atoms with Gasteiger partial charge in [-0.2, -0.15) is 21.8 Å². The second-order valence-electron chi connectivity index (χ2n) is 11.1. The minimum absolute atomic E-state index is 0.0153. The number of sulfonamides is 2. The number of pyridine rings is 1. The molecule has 5 rings (SSSR count). The van der Waals surface area contributed by atoms with Gasteiger partial charge in [0.25, 0.3) is 0 Å². The lowest BCUT2D eigenvalue weighted by Crippen LogP contribution is -2.60. The fourth-order valence-corrected chi connectivity index (χ4v) is 9.20. The molecule has 238 valence electrons. The smallest absolute Gasteiger partial charge is 0.376 e. The van der Waals surface area contributed by atoms with Crippen molar-refractivity contribution in [2.24, 2.45) is 0 Å². The number of rotatable bonds is 9. The molecular formula is C29H33F3N4O5S3. The first kappa shape index (κ1) is 32.7. The van der Waals surface area contributed by atoms with Crippen molar-refractivity contribution in [3.8, 4) is 0 Å². The van der Waals surface area contributed by atoms with E-state index in [4.69, 9.17) is 0 Å². The van der Waals surface area contributed by atoms with E-state index in [0.29, 0.717) is 25.5 Å². The number of halogens is 3. The highest BCUT2D eigenvalue weighted by Crippen LogP contribution is 2.39. The largest absolute Gasteiger partial charge is 0.421 e. The van der Waals surface area contributed by atoms with Gasteiger partial charge in [-0.1, -0.05) is 30.7 Å². The maximum absolute atomic E-state index is 13.9. The van der Waals surface area contributed by atoms with Crippen molar-refractivity contribution >= 4 is 38.4 Å². The third kappa shape index (κ3) is 6.22. The average molecular weight is 671 g/mol. The lowest BCUT2D eigenvalue weighted by molar-refractivity contribution is -0.258. The minimum Gasteiger partial charge on any atom is -0.376 e. The van der Waals surface area contributed by atoms with Crippen molar-refractivity contribution < 1.29 is 35.1 Å². The normalized spacial score (nSPS) is 20.3. The number of hydrogen-bond donors (Lipinski definition) is 2. The standard InChI is InChI=1S/C29H33F3N4O5S3/c1-28(37,29(30,31)32)21-11-13-22(14-12-21)35-17-16-34(44(40,41)27-10-3-2-9-26(27)42)19-24(35)20-36(23-6-4-7-23)43(38,39)25-8-5-15-33-18-25/h2-3,5,8-15,18,23-24,37,42H,4,6-7,16-17,19-20H2,1H3/t24-,28+/m1/s1. The first-order valence-electron chi connectivity index (χ1n) is 14.0. The SMILES string of the molecule is C[C@](O)(c1ccc(N2CCN(S(=O)(=O)c3ccccc3S)C[C@@H]2CN(C2CCC2)S(=O)(=O)c2cccnc2)cc1)C(F)(F)F. The Balaban J connectivity index is 1.52. The summed E-state index contributed by atoms with van der Waals surface area (Å²) in [7, 11) is -8.03. The summed E-state index contributed by atoms with van der Waals surface area (Å²) in [4.78, 5) is 6.09. The van der Waals surface area contributed by atoms with E-state index in [1.54, 1.807) is 18.2 Å². The van der Waals surface area contributed by atoms with E-state index < -0.39 is 37.9 Å². The van der Waals surface area contributed by atoms with E-state index in [1.807, 2.05) is 4.90 Å². The van der Waals surface area contributed by atoms with Crippen LogP contribution < -0.4 is 4.90 Å². The second kappa shape index (κ2) is 12.2. The molecule has 2 aliphatic rings. The molecule has 2 aromatic carbocycles. The Morgan fingerprint density at radius 1 is 1.00 bits per heavy atom. The molecule has 0 amide bonds. The third-order valence-electron chi connectivity index (χ3n) is 8.36. The van der Waals surface area contributed by atoms with Crippen molar-refractivity contribution in [1.82, 2.24) is 13.6 Å². The van der Waals surface area contributed by atoms with Crippen LogP contribution in [0, 0.1) is 0 Å². The summed E-state index contributed by atoms with van der Waals surface area (Å²) >= 11 is 4.33. The maximum atomic E-state index is 13.9. The van der Waals surface area contributed by atoms with Crippen molar-refractivity contribution in [3.63, 3.8) is 0 Å². The van der Waals surface area contributed by atoms with E-state index in [1.165, 1.54) is 63.5 Å². The molecule has 0 spiro atoms. The summed E-state index contributed by atoms with van der Waals surface area (Å²) in [5.74, 6) is 0. The number of alkyl halides is 3. The van der Waals surface area contributed by atoms with E-state index in [0.717, 1.165) is 6.42 Å². The lowest BCUT2D eigenvalue weighted by atomic mass is 9.92. The molecule has 1 saturated heterocycles. The van der Waals surface area contributed by atoms with Gasteiger partial charge in [-0.3, -0.25) is 4.98 Å². The van der Waals surface area contributed by atoms with Crippen molar-refractivity contribution in [2.75, 3.05) is 31.1 Å². The second-order valence-corrected chi connectivity index (χ2v) is 15.4. The summed E-state index contributed by atoms with van der Waals surface area (Å²) < 4.78 is 98.3. The van der Waals surface area contributed by atoms with Crippen LogP contribution in [0.2, 0.25) is 0 Å². The first-order valence-corrected chi connectivity index (χ1v) is 17.3. The van der Waals surface area contributed by atoms with Crippen molar-refractivity contribution in [2.45, 2.75) is 64.7 Å². The summed E-state index contributed by atoms with van der Waals surface area (Å²) in [6.45, 7) is 0.699. The van der Waals surface area contributed by atoms with Crippen LogP contribution >= 0.6 is 12.6 Å². The van der Waals surface area contributed by atoms with Gasteiger partial charge < -0.3 is 10.0 Å². The van der Waals surface area contributed by atoms with Crippen molar-refractivity contribution in [3.05, 3.63) is 78.6 Å². The lowest BCUT2D eigenvalue weighted by Gasteiger charge is -2.46. The molecule has 2 atom stereocenters. The Hall–Kier alpha value is -2.69. The van der Waals surface area contributed by atoms with E-state index in [-0.39, 0.29) is 52.5 Å². The Morgan fingerprint density at radius 3 is 2.25 bits per heavy atom. The Labute approximate surface area is 260 Å². The molecule has 1 N–H and O–H groups in total. The third-order valence-corrected chi connectivity index (χ3v) is 12.7. The predicted octanol–water partition coefficient (Wildman–Crippen LogP) is 4.26. The Morgan fingerprint density at radius 2 is 1.68 bits per heavy atom. The number of hydrogen-bond acceptors (Lipinski definition) is 8. The van der Waals surface area contributed by atoms with Gasteiger partial charge >= 0.3 is 6.18 Å². The fraction of sp³-hybridized carbons (Fsp3) is 0.414. The average Bonchev–Trinajstić information content (AvgIpc) is 2.96. The molecule has 44 heavy (non-hydrogen) atoms. The van der Waals surface area contributed by atoms with Crippen LogP contribution in [0.4, 0.5) is 18.9 Å². The molecule has 0 unspecified atom stereocenters. The zero-order chi connectivity index (χ0) is 31.9. The number of benzene rings is 2.